The Morgan fingerprint density at radius 2 is 1.89 bits per heavy atom. The lowest BCUT2D eigenvalue weighted by molar-refractivity contribution is -0.124. The molecule has 18 heavy (non-hydrogen) atoms. The number of amides is 1. The van der Waals surface area contributed by atoms with Gasteiger partial charge in [0.05, 0.1) is 6.04 Å². The zero-order valence-corrected chi connectivity index (χ0v) is 10.6. The average molecular weight is 244 g/mol. The Balaban J connectivity index is 1.62. The molecule has 0 spiro atoms. The van der Waals surface area contributed by atoms with Gasteiger partial charge in [-0.1, -0.05) is 37.1 Å². The number of hydrogen-bond donors (Lipinski definition) is 2. The van der Waals surface area contributed by atoms with Gasteiger partial charge in [-0.2, -0.15) is 0 Å². The van der Waals surface area contributed by atoms with Crippen LogP contribution in [0.2, 0.25) is 0 Å². The van der Waals surface area contributed by atoms with Crippen molar-refractivity contribution in [3.8, 4) is 0 Å². The van der Waals surface area contributed by atoms with Crippen molar-refractivity contribution in [3.63, 3.8) is 0 Å². The van der Waals surface area contributed by atoms with Crippen LogP contribution in [0.15, 0.2) is 24.3 Å². The first-order valence-corrected chi connectivity index (χ1v) is 6.93. The second-order valence-corrected chi connectivity index (χ2v) is 5.40. The highest BCUT2D eigenvalue weighted by atomic mass is 16.2. The van der Waals surface area contributed by atoms with Crippen LogP contribution >= 0.6 is 0 Å². The summed E-state index contributed by atoms with van der Waals surface area (Å²) in [6.45, 7) is 0.804. The average Bonchev–Trinajstić information content (AvgIpc) is 2.91. The van der Waals surface area contributed by atoms with E-state index in [9.17, 15) is 4.79 Å². The molecule has 0 bridgehead atoms. The maximum atomic E-state index is 12.2. The van der Waals surface area contributed by atoms with Gasteiger partial charge in [-0.3, -0.25) is 4.79 Å². The Kier molecular flexibility index (Phi) is 3.33. The number of carbonyl (C=O) groups is 1. The van der Waals surface area contributed by atoms with Crippen molar-refractivity contribution >= 4 is 5.91 Å². The lowest BCUT2D eigenvalue weighted by Gasteiger charge is -2.26. The van der Waals surface area contributed by atoms with E-state index in [4.69, 9.17) is 0 Å². The summed E-state index contributed by atoms with van der Waals surface area (Å²) in [5, 5.41) is 6.51. The number of fused-ring (bicyclic) bond motifs is 1. The van der Waals surface area contributed by atoms with Crippen LogP contribution in [0.25, 0.3) is 0 Å². The summed E-state index contributed by atoms with van der Waals surface area (Å²) in [5.41, 5.74) is 2.63. The molecule has 1 heterocycles. The minimum absolute atomic E-state index is 0.0551. The molecule has 1 atom stereocenters. The van der Waals surface area contributed by atoms with Gasteiger partial charge in [0.15, 0.2) is 0 Å². The van der Waals surface area contributed by atoms with Crippen LogP contribution in [-0.2, 0) is 17.8 Å². The summed E-state index contributed by atoms with van der Waals surface area (Å²) in [6, 6.07) is 8.73. The lowest BCUT2D eigenvalue weighted by atomic mass is 9.95. The van der Waals surface area contributed by atoms with Crippen molar-refractivity contribution in [2.24, 2.45) is 0 Å². The van der Waals surface area contributed by atoms with Crippen LogP contribution in [0.4, 0.5) is 0 Å². The van der Waals surface area contributed by atoms with E-state index in [1.165, 1.54) is 24.0 Å². The van der Waals surface area contributed by atoms with E-state index in [1.807, 2.05) is 0 Å². The fraction of sp³-hybridized carbons (Fsp3) is 0.533. The van der Waals surface area contributed by atoms with Crippen LogP contribution < -0.4 is 10.6 Å². The number of nitrogens with one attached hydrogen (secondary N) is 2. The summed E-state index contributed by atoms with van der Waals surface area (Å²) in [4.78, 5) is 12.2. The Morgan fingerprint density at radius 3 is 2.67 bits per heavy atom. The topological polar surface area (TPSA) is 41.1 Å². The Morgan fingerprint density at radius 1 is 1.17 bits per heavy atom. The Bertz CT molecular complexity index is 438. The first kappa shape index (κ1) is 11.7. The predicted molar refractivity (Wildman–Crippen MR) is 71.2 cm³/mol. The zero-order chi connectivity index (χ0) is 12.4. The van der Waals surface area contributed by atoms with Crippen LogP contribution in [0.1, 0.15) is 36.8 Å². The van der Waals surface area contributed by atoms with Crippen LogP contribution in [-0.4, -0.2) is 18.0 Å². The summed E-state index contributed by atoms with van der Waals surface area (Å²) in [7, 11) is 0. The van der Waals surface area contributed by atoms with E-state index < -0.39 is 0 Å². The molecule has 3 heteroatoms. The largest absolute Gasteiger partial charge is 0.352 e. The predicted octanol–water partition coefficient (Wildman–Crippen LogP) is 1.76. The van der Waals surface area contributed by atoms with E-state index >= 15 is 0 Å². The zero-order valence-electron chi connectivity index (χ0n) is 10.6. The first-order chi connectivity index (χ1) is 8.83. The van der Waals surface area contributed by atoms with E-state index in [2.05, 4.69) is 34.9 Å². The van der Waals surface area contributed by atoms with Crippen molar-refractivity contribution in [2.75, 3.05) is 0 Å². The van der Waals surface area contributed by atoms with Crippen molar-refractivity contribution < 1.29 is 4.79 Å². The molecule has 2 aliphatic rings. The lowest BCUT2D eigenvalue weighted by Crippen LogP contribution is -2.49. The molecular weight excluding hydrogens is 224 g/mol. The molecule has 0 radical (unpaired) electrons. The molecule has 1 aromatic rings. The molecule has 2 N–H and O–H groups in total. The minimum Gasteiger partial charge on any atom is -0.352 e. The molecule has 96 valence electrons. The second kappa shape index (κ2) is 5.11. The molecular formula is C15H20N2O. The van der Waals surface area contributed by atoms with Crippen molar-refractivity contribution in [2.45, 2.75) is 50.7 Å². The highest BCUT2D eigenvalue weighted by Crippen LogP contribution is 2.19. The van der Waals surface area contributed by atoms with Gasteiger partial charge in [-0.05, 0) is 30.4 Å². The molecule has 3 rings (SSSR count). The third kappa shape index (κ3) is 2.41. The Labute approximate surface area is 108 Å². The third-order valence-corrected chi connectivity index (χ3v) is 4.10. The molecule has 3 nitrogen and oxygen atoms in total. The molecule has 1 aromatic carbocycles. The summed E-state index contributed by atoms with van der Waals surface area (Å²) >= 11 is 0. The van der Waals surface area contributed by atoms with Gasteiger partial charge in [-0.15, -0.1) is 0 Å². The van der Waals surface area contributed by atoms with Crippen LogP contribution in [0.3, 0.4) is 0 Å². The van der Waals surface area contributed by atoms with Gasteiger partial charge in [0, 0.05) is 12.6 Å². The van der Waals surface area contributed by atoms with Gasteiger partial charge in [0.25, 0.3) is 0 Å². The number of carbonyl (C=O) groups excluding carboxylic acids is 1. The first-order valence-electron chi connectivity index (χ1n) is 6.93. The summed E-state index contributed by atoms with van der Waals surface area (Å²) < 4.78 is 0. The van der Waals surface area contributed by atoms with Crippen LogP contribution in [0, 0.1) is 0 Å². The molecule has 1 aliphatic heterocycles. The maximum absolute atomic E-state index is 12.2. The highest BCUT2D eigenvalue weighted by molar-refractivity contribution is 5.82. The van der Waals surface area contributed by atoms with Gasteiger partial charge < -0.3 is 10.6 Å². The summed E-state index contributed by atoms with van der Waals surface area (Å²) in [6.07, 6.45) is 5.62. The van der Waals surface area contributed by atoms with Gasteiger partial charge >= 0.3 is 0 Å². The number of hydrogen-bond acceptors (Lipinski definition) is 2. The maximum Gasteiger partial charge on any atom is 0.237 e. The normalized spacial score (nSPS) is 23.7. The number of benzene rings is 1. The molecule has 1 fully saturated rings. The third-order valence-electron chi connectivity index (χ3n) is 4.10. The quantitative estimate of drug-likeness (QED) is 0.832. The van der Waals surface area contributed by atoms with E-state index in [1.54, 1.807) is 0 Å². The van der Waals surface area contributed by atoms with Crippen molar-refractivity contribution in [1.29, 1.82) is 0 Å². The minimum atomic E-state index is -0.0551. The smallest absolute Gasteiger partial charge is 0.237 e. The van der Waals surface area contributed by atoms with E-state index in [0.29, 0.717) is 6.04 Å². The fourth-order valence-corrected chi connectivity index (χ4v) is 3.01. The molecule has 0 saturated heterocycles. The monoisotopic (exact) mass is 244 g/mol. The molecule has 1 aliphatic carbocycles. The standard InChI is InChI=1S/C15H20N2O/c18-15(17-13-7-3-4-8-13)14-9-11-5-1-2-6-12(11)10-16-14/h1-2,5-6,13-14,16H,3-4,7-10H2,(H,17,18). The van der Waals surface area contributed by atoms with Crippen LogP contribution in [0.5, 0.6) is 0 Å². The molecule has 0 aromatic heterocycles. The van der Waals surface area contributed by atoms with Gasteiger partial charge in [0.2, 0.25) is 5.91 Å². The fourth-order valence-electron chi connectivity index (χ4n) is 3.01. The van der Waals surface area contributed by atoms with Crippen molar-refractivity contribution in [3.05, 3.63) is 35.4 Å². The highest BCUT2D eigenvalue weighted by Gasteiger charge is 2.26. The van der Waals surface area contributed by atoms with E-state index in [-0.39, 0.29) is 11.9 Å². The molecule has 1 saturated carbocycles. The van der Waals surface area contributed by atoms with Crippen molar-refractivity contribution in [1.82, 2.24) is 10.6 Å². The second-order valence-electron chi connectivity index (χ2n) is 5.40. The summed E-state index contributed by atoms with van der Waals surface area (Å²) in [5.74, 6) is 0.177. The molecule has 1 unspecified atom stereocenters. The SMILES string of the molecule is O=C(NC1CCCC1)C1Cc2ccccc2CN1. The molecule has 1 amide bonds. The Hall–Kier alpha value is -1.35. The van der Waals surface area contributed by atoms with Gasteiger partial charge in [-0.25, -0.2) is 0 Å². The van der Waals surface area contributed by atoms with Gasteiger partial charge in [0.1, 0.15) is 0 Å². The van der Waals surface area contributed by atoms with E-state index in [0.717, 1.165) is 25.8 Å². The number of rotatable bonds is 2.